The first-order valence-corrected chi connectivity index (χ1v) is 8.67. The minimum Gasteiger partial charge on any atom is -0.346 e. The number of pyridine rings is 1. The van der Waals surface area contributed by atoms with Crippen molar-refractivity contribution in [2.75, 3.05) is 13.1 Å². The second kappa shape index (κ2) is 6.55. The molecular weight excluding hydrogens is 310 g/mol. The average Bonchev–Trinajstić information content (AvgIpc) is 3.28. The Bertz CT molecular complexity index is 913. The third-order valence-electron chi connectivity index (χ3n) is 4.97. The van der Waals surface area contributed by atoms with Gasteiger partial charge in [-0.1, -0.05) is 36.9 Å². The Balaban J connectivity index is 1.57. The van der Waals surface area contributed by atoms with Gasteiger partial charge in [0, 0.05) is 36.4 Å². The maximum atomic E-state index is 11.7. The number of benzene rings is 1. The van der Waals surface area contributed by atoms with Crippen molar-refractivity contribution in [2.24, 2.45) is 5.92 Å². The molecule has 1 atom stereocenters. The standard InChI is InChI=1S/C21H21N3O/c1-2-20(25)24-9-8-15(14-24)10-16-11-18-19(13-23-21(18)22-12-16)17-6-4-3-5-7-17/h2-7,11-13,15H,1,8-10,14H2,(H,22,23). The van der Waals surface area contributed by atoms with E-state index in [0.29, 0.717) is 5.92 Å². The second-order valence-corrected chi connectivity index (χ2v) is 6.66. The Morgan fingerprint density at radius 1 is 1.36 bits per heavy atom. The number of carbonyl (C=O) groups is 1. The summed E-state index contributed by atoms with van der Waals surface area (Å²) in [6, 6.07) is 12.6. The lowest BCUT2D eigenvalue weighted by Gasteiger charge is -2.14. The summed E-state index contributed by atoms with van der Waals surface area (Å²) in [5, 5.41) is 1.15. The Hall–Kier alpha value is -2.88. The molecule has 1 aliphatic heterocycles. The van der Waals surface area contributed by atoms with E-state index in [9.17, 15) is 4.79 Å². The molecule has 2 aromatic heterocycles. The summed E-state index contributed by atoms with van der Waals surface area (Å²) in [7, 11) is 0. The molecule has 0 spiro atoms. The van der Waals surface area contributed by atoms with Crippen LogP contribution in [0.4, 0.5) is 0 Å². The lowest BCUT2D eigenvalue weighted by Crippen LogP contribution is -2.26. The Morgan fingerprint density at radius 2 is 2.20 bits per heavy atom. The fourth-order valence-corrected chi connectivity index (χ4v) is 3.68. The molecule has 3 aromatic rings. The fourth-order valence-electron chi connectivity index (χ4n) is 3.68. The van der Waals surface area contributed by atoms with Crippen molar-refractivity contribution in [1.82, 2.24) is 14.9 Å². The van der Waals surface area contributed by atoms with Gasteiger partial charge in [0.2, 0.25) is 5.91 Å². The number of aromatic nitrogens is 2. The summed E-state index contributed by atoms with van der Waals surface area (Å²) in [4.78, 5) is 21.5. The molecule has 1 unspecified atom stereocenters. The van der Waals surface area contributed by atoms with Crippen LogP contribution in [-0.2, 0) is 11.2 Å². The summed E-state index contributed by atoms with van der Waals surface area (Å²) in [6.45, 7) is 5.21. The highest BCUT2D eigenvalue weighted by Gasteiger charge is 2.25. The molecule has 1 aromatic carbocycles. The number of likely N-dealkylation sites (tertiary alicyclic amines) is 1. The molecule has 0 radical (unpaired) electrons. The third kappa shape index (κ3) is 3.07. The van der Waals surface area contributed by atoms with Crippen LogP contribution in [0.2, 0.25) is 0 Å². The molecule has 1 aliphatic rings. The first-order chi connectivity index (χ1) is 12.2. The average molecular weight is 331 g/mol. The molecule has 1 fully saturated rings. The van der Waals surface area contributed by atoms with Gasteiger partial charge in [-0.25, -0.2) is 4.98 Å². The Kier molecular flexibility index (Phi) is 4.10. The van der Waals surface area contributed by atoms with Crippen LogP contribution in [-0.4, -0.2) is 33.9 Å². The molecule has 0 bridgehead atoms. The summed E-state index contributed by atoms with van der Waals surface area (Å²) in [5.74, 6) is 0.523. The third-order valence-corrected chi connectivity index (χ3v) is 4.97. The zero-order chi connectivity index (χ0) is 17.2. The lowest BCUT2D eigenvalue weighted by molar-refractivity contribution is -0.125. The first kappa shape index (κ1) is 15.6. The van der Waals surface area contributed by atoms with Crippen molar-refractivity contribution in [3.63, 3.8) is 0 Å². The van der Waals surface area contributed by atoms with Crippen LogP contribution in [0.5, 0.6) is 0 Å². The van der Waals surface area contributed by atoms with Gasteiger partial charge in [-0.3, -0.25) is 4.79 Å². The van der Waals surface area contributed by atoms with E-state index in [-0.39, 0.29) is 5.91 Å². The predicted molar refractivity (Wildman–Crippen MR) is 100 cm³/mol. The SMILES string of the molecule is C=CC(=O)N1CCC(Cc2cnc3[nH]cc(-c4ccccc4)c3c2)C1. The van der Waals surface area contributed by atoms with Gasteiger partial charge in [-0.2, -0.15) is 0 Å². The van der Waals surface area contributed by atoms with Gasteiger partial charge in [-0.15, -0.1) is 0 Å². The minimum atomic E-state index is 0.0353. The topological polar surface area (TPSA) is 49.0 Å². The summed E-state index contributed by atoms with van der Waals surface area (Å²) < 4.78 is 0. The van der Waals surface area contributed by atoms with Gasteiger partial charge in [-0.05, 0) is 42.0 Å². The number of rotatable bonds is 4. The Labute approximate surface area is 147 Å². The van der Waals surface area contributed by atoms with Crippen LogP contribution in [0.15, 0.2) is 61.4 Å². The van der Waals surface area contributed by atoms with E-state index in [2.05, 4.69) is 46.9 Å². The second-order valence-electron chi connectivity index (χ2n) is 6.66. The van der Waals surface area contributed by atoms with Crippen molar-refractivity contribution in [3.05, 3.63) is 67.0 Å². The zero-order valence-corrected chi connectivity index (χ0v) is 14.1. The van der Waals surface area contributed by atoms with E-state index >= 15 is 0 Å². The molecule has 4 rings (SSSR count). The predicted octanol–water partition coefficient (Wildman–Crippen LogP) is 3.81. The molecule has 0 saturated carbocycles. The van der Waals surface area contributed by atoms with Crippen LogP contribution in [0, 0.1) is 5.92 Å². The molecule has 1 N–H and O–H groups in total. The van der Waals surface area contributed by atoms with Gasteiger partial charge >= 0.3 is 0 Å². The molecule has 4 heteroatoms. The molecule has 1 amide bonds. The number of nitrogens with zero attached hydrogens (tertiary/aromatic N) is 2. The monoisotopic (exact) mass is 331 g/mol. The van der Waals surface area contributed by atoms with Crippen LogP contribution in [0.25, 0.3) is 22.2 Å². The number of amides is 1. The lowest BCUT2D eigenvalue weighted by atomic mass is 9.98. The fraction of sp³-hybridized carbons (Fsp3) is 0.238. The number of nitrogens with one attached hydrogen (secondary N) is 1. The maximum Gasteiger partial charge on any atom is 0.245 e. The molecule has 1 saturated heterocycles. The zero-order valence-electron chi connectivity index (χ0n) is 14.1. The van der Waals surface area contributed by atoms with E-state index < -0.39 is 0 Å². The highest BCUT2D eigenvalue weighted by Crippen LogP contribution is 2.29. The van der Waals surface area contributed by atoms with Gasteiger partial charge in [0.05, 0.1) is 0 Å². The maximum absolute atomic E-state index is 11.7. The van der Waals surface area contributed by atoms with Crippen molar-refractivity contribution >= 4 is 16.9 Å². The van der Waals surface area contributed by atoms with E-state index in [1.165, 1.54) is 22.8 Å². The Morgan fingerprint density at radius 3 is 3.00 bits per heavy atom. The van der Waals surface area contributed by atoms with E-state index in [1.54, 1.807) is 0 Å². The van der Waals surface area contributed by atoms with Crippen molar-refractivity contribution in [1.29, 1.82) is 0 Å². The smallest absolute Gasteiger partial charge is 0.245 e. The van der Waals surface area contributed by atoms with Crippen molar-refractivity contribution in [2.45, 2.75) is 12.8 Å². The normalized spacial score (nSPS) is 17.1. The summed E-state index contributed by atoms with van der Waals surface area (Å²) in [6.07, 6.45) is 7.37. The highest BCUT2D eigenvalue weighted by molar-refractivity contribution is 5.93. The van der Waals surface area contributed by atoms with Crippen LogP contribution >= 0.6 is 0 Å². The molecule has 126 valence electrons. The summed E-state index contributed by atoms with van der Waals surface area (Å²) in [5.41, 5.74) is 4.51. The summed E-state index contributed by atoms with van der Waals surface area (Å²) >= 11 is 0. The quantitative estimate of drug-likeness (QED) is 0.739. The van der Waals surface area contributed by atoms with Gasteiger partial charge in [0.15, 0.2) is 0 Å². The van der Waals surface area contributed by atoms with E-state index in [1.807, 2.05) is 23.4 Å². The van der Waals surface area contributed by atoms with E-state index in [0.717, 1.165) is 37.0 Å². The number of fused-ring (bicyclic) bond motifs is 1. The number of carbonyl (C=O) groups excluding carboxylic acids is 1. The molecular formula is C21H21N3O. The van der Waals surface area contributed by atoms with Crippen LogP contribution < -0.4 is 0 Å². The highest BCUT2D eigenvalue weighted by atomic mass is 16.2. The van der Waals surface area contributed by atoms with E-state index in [4.69, 9.17) is 0 Å². The molecule has 0 aliphatic carbocycles. The minimum absolute atomic E-state index is 0.0353. The first-order valence-electron chi connectivity index (χ1n) is 8.67. The number of aromatic amines is 1. The number of H-pyrrole nitrogens is 1. The van der Waals surface area contributed by atoms with Gasteiger partial charge < -0.3 is 9.88 Å². The molecule has 3 heterocycles. The van der Waals surface area contributed by atoms with Crippen molar-refractivity contribution < 1.29 is 4.79 Å². The van der Waals surface area contributed by atoms with Gasteiger partial charge in [0.25, 0.3) is 0 Å². The van der Waals surface area contributed by atoms with Gasteiger partial charge in [0.1, 0.15) is 5.65 Å². The number of hydrogen-bond donors (Lipinski definition) is 1. The number of hydrogen-bond acceptors (Lipinski definition) is 2. The largest absolute Gasteiger partial charge is 0.346 e. The van der Waals surface area contributed by atoms with Crippen molar-refractivity contribution in [3.8, 4) is 11.1 Å². The molecule has 4 nitrogen and oxygen atoms in total. The van der Waals surface area contributed by atoms with Crippen LogP contribution in [0.3, 0.4) is 0 Å². The van der Waals surface area contributed by atoms with Crippen LogP contribution in [0.1, 0.15) is 12.0 Å². The molecule has 25 heavy (non-hydrogen) atoms.